The van der Waals surface area contributed by atoms with Gasteiger partial charge in [-0.1, -0.05) is 66.7 Å². The van der Waals surface area contributed by atoms with E-state index in [1.54, 1.807) is 0 Å². The molecule has 0 saturated carbocycles. The van der Waals surface area contributed by atoms with E-state index in [-0.39, 0.29) is 5.91 Å². The Labute approximate surface area is 185 Å². The Balaban J connectivity index is 1.34. The van der Waals surface area contributed by atoms with Crippen molar-refractivity contribution < 1.29 is 4.79 Å². The highest BCUT2D eigenvalue weighted by Gasteiger charge is 2.17. The summed E-state index contributed by atoms with van der Waals surface area (Å²) in [4.78, 5) is 17.3. The molecule has 4 rings (SSSR count). The van der Waals surface area contributed by atoms with Gasteiger partial charge >= 0.3 is 0 Å². The zero-order valence-electron chi connectivity index (χ0n) is 18.0. The summed E-state index contributed by atoms with van der Waals surface area (Å²) in [7, 11) is 0. The number of amides is 1. The maximum absolute atomic E-state index is 12.7. The van der Waals surface area contributed by atoms with Crippen LogP contribution in [0.2, 0.25) is 0 Å². The maximum atomic E-state index is 12.7. The molecule has 1 heterocycles. The molecular weight excluding hydrogens is 382 g/mol. The van der Waals surface area contributed by atoms with E-state index >= 15 is 0 Å². The number of carbonyl (C=O) groups excluding carboxylic acids is 1. The molecule has 4 heteroatoms. The molecular formula is C27H31N3O. The van der Waals surface area contributed by atoms with Gasteiger partial charge in [-0.25, -0.2) is 0 Å². The molecule has 0 aliphatic carbocycles. The number of hydrogen-bond donors (Lipinski definition) is 1. The van der Waals surface area contributed by atoms with Crippen LogP contribution in [0.25, 0.3) is 0 Å². The third-order valence-electron chi connectivity index (χ3n) is 5.83. The molecule has 0 aromatic heterocycles. The second-order valence-corrected chi connectivity index (χ2v) is 8.10. The van der Waals surface area contributed by atoms with Crippen LogP contribution >= 0.6 is 0 Å². The highest BCUT2D eigenvalue weighted by molar-refractivity contribution is 5.81. The number of nitrogens with zero attached hydrogens (tertiary/aromatic N) is 2. The Morgan fingerprint density at radius 2 is 1.58 bits per heavy atom. The van der Waals surface area contributed by atoms with Crippen molar-refractivity contribution in [1.82, 2.24) is 5.32 Å². The molecule has 0 fully saturated rings. The number of aryl methyl sites for hydroxylation is 1. The van der Waals surface area contributed by atoms with E-state index in [0.717, 1.165) is 32.5 Å². The summed E-state index contributed by atoms with van der Waals surface area (Å²) in [6.07, 6.45) is 3.40. The van der Waals surface area contributed by atoms with E-state index in [1.807, 2.05) is 12.1 Å². The van der Waals surface area contributed by atoms with Crippen LogP contribution in [0.15, 0.2) is 84.9 Å². The summed E-state index contributed by atoms with van der Waals surface area (Å²) in [6, 6.07) is 29.3. The fourth-order valence-corrected chi connectivity index (χ4v) is 4.24. The second kappa shape index (κ2) is 10.7. The van der Waals surface area contributed by atoms with Gasteiger partial charge < -0.3 is 15.1 Å². The van der Waals surface area contributed by atoms with Crippen molar-refractivity contribution >= 4 is 17.3 Å². The standard InChI is InChI=1S/C27H31N3O/c31-27(22-30-19-10-9-14-24-13-7-8-17-26(24)30)28-18-20-29(25-15-5-2-6-16-25)21-23-11-3-1-4-12-23/h1-8,11-13,15-17H,9-10,14,18-22H2,(H,28,31). The number of benzene rings is 3. The maximum Gasteiger partial charge on any atom is 0.239 e. The summed E-state index contributed by atoms with van der Waals surface area (Å²) < 4.78 is 0. The Morgan fingerprint density at radius 3 is 2.39 bits per heavy atom. The molecule has 1 aliphatic heterocycles. The van der Waals surface area contributed by atoms with Gasteiger partial charge in [0.1, 0.15) is 0 Å². The lowest BCUT2D eigenvalue weighted by Crippen LogP contribution is -2.41. The predicted octanol–water partition coefficient (Wildman–Crippen LogP) is 4.65. The average Bonchev–Trinajstić information content (AvgIpc) is 3.02. The van der Waals surface area contributed by atoms with Crippen molar-refractivity contribution in [3.63, 3.8) is 0 Å². The van der Waals surface area contributed by atoms with Crippen molar-refractivity contribution in [1.29, 1.82) is 0 Å². The first kappa shape index (κ1) is 21.0. The first-order chi connectivity index (χ1) is 15.3. The second-order valence-electron chi connectivity index (χ2n) is 8.10. The van der Waals surface area contributed by atoms with Crippen LogP contribution in [0.4, 0.5) is 11.4 Å². The summed E-state index contributed by atoms with van der Waals surface area (Å²) in [5.41, 5.74) is 5.00. The first-order valence-corrected chi connectivity index (χ1v) is 11.2. The molecule has 0 unspecified atom stereocenters. The van der Waals surface area contributed by atoms with Crippen LogP contribution in [0.3, 0.4) is 0 Å². The molecule has 1 amide bonds. The van der Waals surface area contributed by atoms with Crippen LogP contribution in [-0.2, 0) is 17.8 Å². The molecule has 3 aromatic rings. The van der Waals surface area contributed by atoms with E-state index in [9.17, 15) is 4.79 Å². The van der Waals surface area contributed by atoms with Crippen LogP contribution in [0, 0.1) is 0 Å². The molecule has 1 N–H and O–H groups in total. The summed E-state index contributed by atoms with van der Waals surface area (Å²) in [5, 5.41) is 3.14. The van der Waals surface area contributed by atoms with Crippen LogP contribution in [0.5, 0.6) is 0 Å². The zero-order valence-corrected chi connectivity index (χ0v) is 18.0. The Morgan fingerprint density at radius 1 is 0.871 bits per heavy atom. The van der Waals surface area contributed by atoms with E-state index < -0.39 is 0 Å². The third kappa shape index (κ3) is 5.88. The van der Waals surface area contributed by atoms with Gasteiger partial charge in [0.15, 0.2) is 0 Å². The van der Waals surface area contributed by atoms with Crippen molar-refractivity contribution in [2.75, 3.05) is 36.0 Å². The fourth-order valence-electron chi connectivity index (χ4n) is 4.24. The third-order valence-corrected chi connectivity index (χ3v) is 5.83. The van der Waals surface area contributed by atoms with Crippen LogP contribution in [0.1, 0.15) is 24.0 Å². The molecule has 1 aliphatic rings. The molecule has 0 radical (unpaired) electrons. The predicted molar refractivity (Wildman–Crippen MR) is 129 cm³/mol. The van der Waals surface area contributed by atoms with Gasteiger partial charge in [0.25, 0.3) is 0 Å². The molecule has 0 bridgehead atoms. The van der Waals surface area contributed by atoms with E-state index in [2.05, 4.69) is 87.9 Å². The lowest BCUT2D eigenvalue weighted by molar-refractivity contribution is -0.119. The van der Waals surface area contributed by atoms with Gasteiger partial charge in [-0.05, 0) is 48.6 Å². The Bertz CT molecular complexity index is 958. The van der Waals surface area contributed by atoms with Crippen molar-refractivity contribution in [2.45, 2.75) is 25.8 Å². The molecule has 4 nitrogen and oxygen atoms in total. The normalized spacial score (nSPS) is 13.2. The van der Waals surface area contributed by atoms with Crippen molar-refractivity contribution in [3.8, 4) is 0 Å². The molecule has 0 atom stereocenters. The minimum Gasteiger partial charge on any atom is -0.365 e. The molecule has 3 aromatic carbocycles. The van der Waals surface area contributed by atoms with Gasteiger partial charge in [-0.3, -0.25) is 4.79 Å². The number of nitrogens with one attached hydrogen (secondary N) is 1. The van der Waals surface area contributed by atoms with Gasteiger partial charge in [-0.15, -0.1) is 0 Å². The van der Waals surface area contributed by atoms with Gasteiger partial charge in [0.05, 0.1) is 6.54 Å². The smallest absolute Gasteiger partial charge is 0.239 e. The monoisotopic (exact) mass is 413 g/mol. The Kier molecular flexibility index (Phi) is 7.22. The lowest BCUT2D eigenvalue weighted by atomic mass is 10.1. The number of anilines is 2. The Hall–Kier alpha value is -3.27. The summed E-state index contributed by atoms with van der Waals surface area (Å²) in [5.74, 6) is 0.0874. The first-order valence-electron chi connectivity index (χ1n) is 11.2. The van der Waals surface area contributed by atoms with Gasteiger partial charge in [-0.2, -0.15) is 0 Å². The molecule has 31 heavy (non-hydrogen) atoms. The quantitative estimate of drug-likeness (QED) is 0.584. The number of hydrogen-bond acceptors (Lipinski definition) is 3. The summed E-state index contributed by atoms with van der Waals surface area (Å²) >= 11 is 0. The van der Waals surface area contributed by atoms with Crippen LogP contribution in [-0.4, -0.2) is 32.1 Å². The SMILES string of the molecule is O=C(CN1CCCCc2ccccc21)NCCN(Cc1ccccc1)c1ccccc1. The van der Waals surface area contributed by atoms with Crippen molar-refractivity contribution in [2.24, 2.45) is 0 Å². The molecule has 0 saturated heterocycles. The molecule has 0 spiro atoms. The van der Waals surface area contributed by atoms with E-state index in [4.69, 9.17) is 0 Å². The number of carbonyl (C=O) groups is 1. The van der Waals surface area contributed by atoms with E-state index in [0.29, 0.717) is 13.1 Å². The van der Waals surface area contributed by atoms with Crippen molar-refractivity contribution in [3.05, 3.63) is 96.1 Å². The number of fused-ring (bicyclic) bond motifs is 1. The highest BCUT2D eigenvalue weighted by Crippen LogP contribution is 2.25. The minimum atomic E-state index is 0.0874. The molecule has 160 valence electrons. The van der Waals surface area contributed by atoms with Gasteiger partial charge in [0.2, 0.25) is 5.91 Å². The van der Waals surface area contributed by atoms with Crippen LogP contribution < -0.4 is 15.1 Å². The van der Waals surface area contributed by atoms with Gasteiger partial charge in [0, 0.05) is 37.6 Å². The topological polar surface area (TPSA) is 35.6 Å². The lowest BCUT2D eigenvalue weighted by Gasteiger charge is -2.26. The average molecular weight is 414 g/mol. The van der Waals surface area contributed by atoms with E-state index in [1.165, 1.54) is 28.9 Å². The number of para-hydroxylation sites is 2. The largest absolute Gasteiger partial charge is 0.365 e. The minimum absolute atomic E-state index is 0.0874. The summed E-state index contributed by atoms with van der Waals surface area (Å²) in [6.45, 7) is 3.56. The number of rotatable bonds is 8. The highest BCUT2D eigenvalue weighted by atomic mass is 16.2. The fraction of sp³-hybridized carbons (Fsp3) is 0.296. The zero-order chi connectivity index (χ0) is 21.3.